The number of hydrogen-bond acceptors (Lipinski definition) is 4. The molecule has 2 N–H and O–H groups in total. The lowest BCUT2D eigenvalue weighted by atomic mass is 10.4. The number of amides is 1. The summed E-state index contributed by atoms with van der Waals surface area (Å²) in [5, 5.41) is 9.92. The van der Waals surface area contributed by atoms with Crippen molar-refractivity contribution < 1.29 is 9.53 Å². The highest BCUT2D eigenvalue weighted by atomic mass is 16.5. The molecule has 1 aromatic rings. The van der Waals surface area contributed by atoms with Crippen LogP contribution >= 0.6 is 0 Å². The van der Waals surface area contributed by atoms with Gasteiger partial charge in [-0.3, -0.25) is 9.48 Å². The Bertz CT molecular complexity index is 300. The Morgan fingerprint density at radius 2 is 2.35 bits per heavy atom. The van der Waals surface area contributed by atoms with Gasteiger partial charge in [0.05, 0.1) is 13.2 Å². The molecule has 1 heterocycles. The highest BCUT2D eigenvalue weighted by Crippen LogP contribution is 1.87. The van der Waals surface area contributed by atoms with Crippen molar-refractivity contribution in [3.63, 3.8) is 0 Å². The Morgan fingerprint density at radius 1 is 1.47 bits per heavy atom. The maximum atomic E-state index is 11.3. The molecular formula is C11H20N4O2. The van der Waals surface area contributed by atoms with E-state index in [4.69, 9.17) is 4.74 Å². The first-order valence-electron chi connectivity index (χ1n) is 5.76. The van der Waals surface area contributed by atoms with Gasteiger partial charge in [0.1, 0.15) is 0 Å². The Kier molecular flexibility index (Phi) is 7.01. The zero-order valence-corrected chi connectivity index (χ0v) is 10.2. The van der Waals surface area contributed by atoms with Crippen molar-refractivity contribution in [3.05, 3.63) is 18.5 Å². The third kappa shape index (κ3) is 6.70. The van der Waals surface area contributed by atoms with Crippen LogP contribution in [0.1, 0.15) is 6.42 Å². The molecule has 0 fully saturated rings. The predicted octanol–water partition coefficient (Wildman–Crippen LogP) is -0.375. The number of hydrogen-bond donors (Lipinski definition) is 2. The first kappa shape index (κ1) is 13.7. The van der Waals surface area contributed by atoms with Crippen LogP contribution in [0, 0.1) is 0 Å². The van der Waals surface area contributed by atoms with Gasteiger partial charge in [-0.1, -0.05) is 0 Å². The second-order valence-electron chi connectivity index (χ2n) is 3.64. The quantitative estimate of drug-likeness (QED) is 0.578. The second-order valence-corrected chi connectivity index (χ2v) is 3.64. The molecule has 1 amide bonds. The van der Waals surface area contributed by atoms with Crippen molar-refractivity contribution in [3.8, 4) is 0 Å². The van der Waals surface area contributed by atoms with Crippen molar-refractivity contribution >= 4 is 5.91 Å². The molecule has 96 valence electrons. The van der Waals surface area contributed by atoms with Crippen LogP contribution in [0.3, 0.4) is 0 Å². The average molecular weight is 240 g/mol. The summed E-state index contributed by atoms with van der Waals surface area (Å²) in [5.74, 6) is 0.00105. The molecule has 0 aromatic carbocycles. The van der Waals surface area contributed by atoms with Gasteiger partial charge in [0.2, 0.25) is 5.91 Å². The van der Waals surface area contributed by atoms with E-state index in [-0.39, 0.29) is 5.91 Å². The molecule has 1 rings (SSSR count). The number of carbonyl (C=O) groups is 1. The summed E-state index contributed by atoms with van der Waals surface area (Å²) in [7, 11) is 1.61. The number of nitrogens with zero attached hydrogens (tertiary/aromatic N) is 2. The predicted molar refractivity (Wildman–Crippen MR) is 64.6 cm³/mol. The Morgan fingerprint density at radius 3 is 3.06 bits per heavy atom. The van der Waals surface area contributed by atoms with Crippen molar-refractivity contribution in [2.45, 2.75) is 13.0 Å². The van der Waals surface area contributed by atoms with E-state index in [1.165, 1.54) is 0 Å². The van der Waals surface area contributed by atoms with E-state index in [1.807, 2.05) is 16.9 Å². The fourth-order valence-electron chi connectivity index (χ4n) is 1.36. The lowest BCUT2D eigenvalue weighted by molar-refractivity contribution is -0.120. The molecule has 0 spiro atoms. The smallest absolute Gasteiger partial charge is 0.234 e. The molecule has 0 bridgehead atoms. The van der Waals surface area contributed by atoms with Crippen molar-refractivity contribution in [2.24, 2.45) is 0 Å². The summed E-state index contributed by atoms with van der Waals surface area (Å²) in [4.78, 5) is 11.3. The van der Waals surface area contributed by atoms with Crippen LogP contribution in [0.25, 0.3) is 0 Å². The molecule has 17 heavy (non-hydrogen) atoms. The first-order valence-corrected chi connectivity index (χ1v) is 5.76. The van der Waals surface area contributed by atoms with Crippen LogP contribution in [-0.4, -0.2) is 49.0 Å². The van der Waals surface area contributed by atoms with Crippen molar-refractivity contribution in [2.75, 3.05) is 33.4 Å². The fraction of sp³-hybridized carbons (Fsp3) is 0.636. The number of carbonyl (C=O) groups excluding carboxylic acids is 1. The van der Waals surface area contributed by atoms with Crippen LogP contribution in [0.5, 0.6) is 0 Å². The van der Waals surface area contributed by atoms with Crippen LogP contribution in [0.2, 0.25) is 0 Å². The SMILES string of the molecule is COCCNC(=O)CNCCCn1cccn1. The summed E-state index contributed by atoms with van der Waals surface area (Å²) in [6, 6.07) is 1.90. The standard InChI is InChI=1S/C11H20N4O2/c1-17-9-6-13-11(16)10-12-4-2-7-15-8-3-5-14-15/h3,5,8,12H,2,4,6-7,9-10H2,1H3,(H,13,16). The van der Waals surface area contributed by atoms with Crippen LogP contribution in [-0.2, 0) is 16.1 Å². The van der Waals surface area contributed by atoms with Gasteiger partial charge in [0.15, 0.2) is 0 Å². The molecule has 6 heteroatoms. The van der Waals surface area contributed by atoms with E-state index in [9.17, 15) is 4.79 Å². The third-order valence-corrected chi connectivity index (χ3v) is 2.21. The molecule has 0 atom stereocenters. The molecule has 0 radical (unpaired) electrons. The van der Waals surface area contributed by atoms with Gasteiger partial charge in [-0.25, -0.2) is 0 Å². The second kappa shape index (κ2) is 8.72. The number of nitrogens with one attached hydrogen (secondary N) is 2. The molecule has 0 aliphatic carbocycles. The van der Waals surface area contributed by atoms with Gasteiger partial charge in [0.25, 0.3) is 0 Å². The monoisotopic (exact) mass is 240 g/mol. The molecule has 0 saturated heterocycles. The van der Waals surface area contributed by atoms with Crippen LogP contribution < -0.4 is 10.6 Å². The molecule has 0 saturated carbocycles. The van der Waals surface area contributed by atoms with Crippen molar-refractivity contribution in [1.82, 2.24) is 20.4 Å². The van der Waals surface area contributed by atoms with Gasteiger partial charge in [0, 0.05) is 32.6 Å². The Balaban J connectivity index is 1.91. The highest BCUT2D eigenvalue weighted by Gasteiger charge is 1.98. The maximum absolute atomic E-state index is 11.3. The average Bonchev–Trinajstić information content (AvgIpc) is 2.82. The molecule has 1 aromatic heterocycles. The molecular weight excluding hydrogens is 220 g/mol. The zero-order chi connectivity index (χ0) is 12.3. The number of methoxy groups -OCH3 is 1. The highest BCUT2D eigenvalue weighted by molar-refractivity contribution is 5.77. The normalized spacial score (nSPS) is 10.4. The lowest BCUT2D eigenvalue weighted by Gasteiger charge is -2.06. The van der Waals surface area contributed by atoms with Crippen LogP contribution in [0.4, 0.5) is 0 Å². The largest absolute Gasteiger partial charge is 0.383 e. The van der Waals surface area contributed by atoms with Gasteiger partial charge < -0.3 is 15.4 Å². The van der Waals surface area contributed by atoms with Crippen LogP contribution in [0.15, 0.2) is 18.5 Å². The molecule has 0 aliphatic heterocycles. The first-order chi connectivity index (χ1) is 8.33. The number of rotatable bonds is 9. The molecule has 0 aliphatic rings. The Hall–Kier alpha value is -1.40. The number of aryl methyl sites for hydroxylation is 1. The summed E-state index contributed by atoms with van der Waals surface area (Å²) >= 11 is 0. The topological polar surface area (TPSA) is 68.2 Å². The number of aromatic nitrogens is 2. The maximum Gasteiger partial charge on any atom is 0.234 e. The zero-order valence-electron chi connectivity index (χ0n) is 10.2. The van der Waals surface area contributed by atoms with E-state index in [1.54, 1.807) is 13.3 Å². The van der Waals surface area contributed by atoms with Gasteiger partial charge >= 0.3 is 0 Å². The van der Waals surface area contributed by atoms with E-state index in [2.05, 4.69) is 15.7 Å². The summed E-state index contributed by atoms with van der Waals surface area (Å²) in [5.41, 5.74) is 0. The van der Waals surface area contributed by atoms with Gasteiger partial charge in [-0.15, -0.1) is 0 Å². The summed E-state index contributed by atoms with van der Waals surface area (Å²) in [6.45, 7) is 3.13. The summed E-state index contributed by atoms with van der Waals surface area (Å²) in [6.07, 6.45) is 4.64. The minimum Gasteiger partial charge on any atom is -0.383 e. The van der Waals surface area contributed by atoms with E-state index >= 15 is 0 Å². The van der Waals surface area contributed by atoms with Crippen molar-refractivity contribution in [1.29, 1.82) is 0 Å². The van der Waals surface area contributed by atoms with Gasteiger partial charge in [-0.2, -0.15) is 5.10 Å². The Labute approximate surface area is 101 Å². The minimum absolute atomic E-state index is 0.00105. The van der Waals surface area contributed by atoms with E-state index in [0.717, 1.165) is 19.5 Å². The fourth-order valence-corrected chi connectivity index (χ4v) is 1.36. The van der Waals surface area contributed by atoms with E-state index in [0.29, 0.717) is 19.7 Å². The lowest BCUT2D eigenvalue weighted by Crippen LogP contribution is -2.36. The molecule has 0 unspecified atom stereocenters. The number of ether oxygens (including phenoxy) is 1. The molecule has 6 nitrogen and oxygen atoms in total. The van der Waals surface area contributed by atoms with Gasteiger partial charge in [-0.05, 0) is 19.0 Å². The summed E-state index contributed by atoms with van der Waals surface area (Å²) < 4.78 is 6.71. The minimum atomic E-state index is 0.00105. The third-order valence-electron chi connectivity index (χ3n) is 2.21. The van der Waals surface area contributed by atoms with E-state index < -0.39 is 0 Å².